The number of benzene rings is 1. The van der Waals surface area contributed by atoms with E-state index in [1.165, 1.54) is 11.1 Å². The van der Waals surface area contributed by atoms with Gasteiger partial charge in [-0.2, -0.15) is 0 Å². The Bertz CT molecular complexity index is 1370. The zero-order chi connectivity index (χ0) is 28.4. The van der Waals surface area contributed by atoms with Gasteiger partial charge in [-0.15, -0.1) is 0 Å². The molecule has 3 heterocycles. The van der Waals surface area contributed by atoms with E-state index in [1.807, 2.05) is 12.1 Å². The number of oxazole rings is 1. The number of para-hydroxylation sites is 2. The molecule has 0 spiro atoms. The van der Waals surface area contributed by atoms with Crippen molar-refractivity contribution in [1.82, 2.24) is 25.5 Å². The van der Waals surface area contributed by atoms with Crippen molar-refractivity contribution in [3.8, 4) is 0 Å². The molecule has 1 fully saturated rings. The molecule has 1 aliphatic heterocycles. The van der Waals surface area contributed by atoms with Crippen molar-refractivity contribution in [2.24, 2.45) is 0 Å². The molecular formula is C27H33N5O7S. The molecule has 1 atom stereocenters. The van der Waals surface area contributed by atoms with Crippen molar-refractivity contribution in [3.63, 3.8) is 0 Å². The van der Waals surface area contributed by atoms with E-state index in [2.05, 4.69) is 20.6 Å². The molecule has 4 rings (SSSR count). The van der Waals surface area contributed by atoms with Gasteiger partial charge in [0.15, 0.2) is 20.7 Å². The highest BCUT2D eigenvalue weighted by molar-refractivity contribution is 7.92. The first-order valence-electron chi connectivity index (χ1n) is 13.2. The number of hydrogen-bond donors (Lipinski definition) is 2. The van der Waals surface area contributed by atoms with Crippen LogP contribution in [0.15, 0.2) is 53.1 Å². The van der Waals surface area contributed by atoms with Gasteiger partial charge in [0.2, 0.25) is 11.7 Å². The van der Waals surface area contributed by atoms with E-state index in [9.17, 15) is 22.8 Å². The number of sulfone groups is 1. The number of hydrogen-bond acceptors (Lipinski definition) is 9. The van der Waals surface area contributed by atoms with Crippen molar-refractivity contribution in [1.29, 1.82) is 0 Å². The first-order valence-corrected chi connectivity index (χ1v) is 14.9. The zero-order valence-corrected chi connectivity index (χ0v) is 22.9. The number of nitrogens with one attached hydrogen (secondary N) is 2. The van der Waals surface area contributed by atoms with Crippen LogP contribution in [0.4, 0.5) is 4.79 Å². The number of carbonyl (C=O) groups is 3. The second kappa shape index (κ2) is 14.0. The predicted octanol–water partition coefficient (Wildman–Crippen LogP) is 2.11. The molecule has 2 aromatic heterocycles. The number of rotatable bonds is 13. The van der Waals surface area contributed by atoms with Gasteiger partial charge in [0, 0.05) is 38.8 Å². The highest BCUT2D eigenvalue weighted by atomic mass is 32.2. The van der Waals surface area contributed by atoms with Crippen molar-refractivity contribution >= 4 is 38.7 Å². The van der Waals surface area contributed by atoms with E-state index < -0.39 is 32.8 Å². The number of Topliss-reactive ketones (excluding diaryl/α,β-unsaturated/α-hetero) is 1. The van der Waals surface area contributed by atoms with Crippen LogP contribution in [0.25, 0.3) is 11.1 Å². The maximum Gasteiger partial charge on any atom is 0.317 e. The minimum atomic E-state index is -4.00. The monoisotopic (exact) mass is 571 g/mol. The van der Waals surface area contributed by atoms with E-state index in [0.29, 0.717) is 62.4 Å². The highest BCUT2D eigenvalue weighted by Gasteiger charge is 2.34. The molecule has 1 unspecified atom stereocenters. The van der Waals surface area contributed by atoms with Crippen LogP contribution in [0.5, 0.6) is 0 Å². The van der Waals surface area contributed by atoms with Gasteiger partial charge in [-0.1, -0.05) is 24.6 Å². The molecule has 3 aromatic rings. The van der Waals surface area contributed by atoms with Crippen LogP contribution in [0.2, 0.25) is 0 Å². The van der Waals surface area contributed by atoms with Gasteiger partial charge < -0.3 is 24.7 Å². The Morgan fingerprint density at radius 1 is 0.975 bits per heavy atom. The van der Waals surface area contributed by atoms with Gasteiger partial charge in [-0.05, 0) is 37.1 Å². The Kier molecular flexibility index (Phi) is 10.2. The number of pyridine rings is 1. The van der Waals surface area contributed by atoms with Crippen molar-refractivity contribution in [2.45, 2.75) is 36.7 Å². The number of carbonyl (C=O) groups excluding carboxylic acids is 3. The van der Waals surface area contributed by atoms with Gasteiger partial charge >= 0.3 is 6.03 Å². The largest absolute Gasteiger partial charge is 0.434 e. The minimum Gasteiger partial charge on any atom is -0.434 e. The average molecular weight is 572 g/mol. The second-order valence-corrected chi connectivity index (χ2v) is 11.6. The van der Waals surface area contributed by atoms with Gasteiger partial charge in [0.1, 0.15) is 5.52 Å². The van der Waals surface area contributed by atoms with Gasteiger partial charge in [-0.3, -0.25) is 14.6 Å². The molecule has 40 heavy (non-hydrogen) atoms. The van der Waals surface area contributed by atoms with Crippen molar-refractivity contribution in [2.75, 3.05) is 39.4 Å². The second-order valence-electron chi connectivity index (χ2n) is 9.41. The minimum absolute atomic E-state index is 0.0783. The van der Waals surface area contributed by atoms with Crippen LogP contribution in [0.3, 0.4) is 0 Å². The number of amides is 3. The van der Waals surface area contributed by atoms with Gasteiger partial charge in [-0.25, -0.2) is 18.2 Å². The summed E-state index contributed by atoms with van der Waals surface area (Å²) >= 11 is 0. The third-order valence-corrected chi connectivity index (χ3v) is 8.40. The zero-order valence-electron chi connectivity index (χ0n) is 22.1. The van der Waals surface area contributed by atoms with Gasteiger partial charge in [0.05, 0.1) is 24.7 Å². The fourth-order valence-electron chi connectivity index (χ4n) is 4.24. The highest BCUT2D eigenvalue weighted by Crippen LogP contribution is 2.17. The van der Waals surface area contributed by atoms with E-state index in [-0.39, 0.29) is 31.2 Å². The average Bonchev–Trinajstić information content (AvgIpc) is 3.40. The van der Waals surface area contributed by atoms with Crippen LogP contribution < -0.4 is 10.6 Å². The lowest BCUT2D eigenvalue weighted by Crippen LogP contribution is -2.52. The topological polar surface area (TPSA) is 161 Å². The summed E-state index contributed by atoms with van der Waals surface area (Å²) in [7, 11) is -4.00. The molecule has 0 bridgehead atoms. The Labute approximate surface area is 232 Å². The third kappa shape index (κ3) is 8.09. The molecule has 214 valence electrons. The van der Waals surface area contributed by atoms with Crippen LogP contribution >= 0.6 is 0 Å². The number of aromatic nitrogens is 2. The van der Waals surface area contributed by atoms with Crippen LogP contribution in [-0.2, 0) is 25.1 Å². The van der Waals surface area contributed by atoms with Crippen LogP contribution in [0.1, 0.15) is 42.1 Å². The normalized spacial score (nSPS) is 14.6. The Morgan fingerprint density at radius 3 is 2.50 bits per heavy atom. The molecule has 1 aromatic carbocycles. The summed E-state index contributed by atoms with van der Waals surface area (Å²) in [6.07, 6.45) is 3.46. The summed E-state index contributed by atoms with van der Waals surface area (Å²) in [5.41, 5.74) is 1.49. The Hall–Kier alpha value is -3.84. The van der Waals surface area contributed by atoms with Crippen molar-refractivity contribution in [3.05, 3.63) is 60.2 Å². The van der Waals surface area contributed by atoms with Crippen molar-refractivity contribution < 1.29 is 32.0 Å². The molecule has 0 saturated carbocycles. The summed E-state index contributed by atoms with van der Waals surface area (Å²) in [5.74, 6) is -1.25. The van der Waals surface area contributed by atoms with Crippen LogP contribution in [-0.4, -0.2) is 85.6 Å². The third-order valence-electron chi connectivity index (χ3n) is 6.45. The lowest BCUT2D eigenvalue weighted by molar-refractivity contribution is -0.120. The molecule has 13 heteroatoms. The molecule has 1 aliphatic rings. The maximum atomic E-state index is 13.2. The number of urea groups is 1. The number of nitrogens with zero attached hydrogens (tertiary/aromatic N) is 3. The lowest BCUT2D eigenvalue weighted by Gasteiger charge is -2.27. The maximum absolute atomic E-state index is 13.2. The number of morpholine rings is 1. The fraction of sp³-hybridized carbons (Fsp3) is 0.444. The molecular weight excluding hydrogens is 538 g/mol. The summed E-state index contributed by atoms with van der Waals surface area (Å²) in [6, 6.07) is 11.6. The summed E-state index contributed by atoms with van der Waals surface area (Å²) in [4.78, 5) is 47.7. The Morgan fingerprint density at radius 2 is 1.75 bits per heavy atom. The number of ether oxygens (including phenoxy) is 1. The standard InChI is InChI=1S/C27H33N5O7S/c33-22(26-31-21-9-3-4-11-23(21)39-26)10-2-1-6-13-29-25(34)24(18-30-27(35)32-14-16-38-17-15-32)40(36,37)19-20-8-5-7-12-28-20/h3-5,7-9,11-12,24H,1-2,6,10,13-19H2,(H,29,34)(H,30,35). The quantitative estimate of drug-likeness (QED) is 0.231. The molecule has 2 N–H and O–H groups in total. The summed E-state index contributed by atoms with van der Waals surface area (Å²) in [6.45, 7) is 1.43. The predicted molar refractivity (Wildman–Crippen MR) is 146 cm³/mol. The molecule has 0 radical (unpaired) electrons. The SMILES string of the molecule is O=C(CCCCCNC(=O)C(CNC(=O)N1CCOCC1)S(=O)(=O)Cc1ccccn1)c1nc2ccccc2o1. The first-order chi connectivity index (χ1) is 19.3. The Balaban J connectivity index is 1.26. The van der Waals surface area contributed by atoms with E-state index in [4.69, 9.17) is 9.15 Å². The molecule has 0 aliphatic carbocycles. The summed E-state index contributed by atoms with van der Waals surface area (Å²) in [5, 5.41) is 3.78. The number of unbranched alkanes of at least 4 members (excludes halogenated alkanes) is 2. The van der Waals surface area contributed by atoms with Gasteiger partial charge in [0.25, 0.3) is 5.89 Å². The van der Waals surface area contributed by atoms with E-state index >= 15 is 0 Å². The molecule has 3 amide bonds. The van der Waals surface area contributed by atoms with E-state index in [1.54, 1.807) is 30.3 Å². The first kappa shape index (κ1) is 29.2. The van der Waals surface area contributed by atoms with Crippen LogP contribution in [0, 0.1) is 0 Å². The molecule has 12 nitrogen and oxygen atoms in total. The number of ketones is 1. The smallest absolute Gasteiger partial charge is 0.317 e. The number of fused-ring (bicyclic) bond motifs is 1. The molecule has 1 saturated heterocycles. The fourth-order valence-corrected chi connectivity index (χ4v) is 5.77. The summed E-state index contributed by atoms with van der Waals surface area (Å²) < 4.78 is 37.1. The van der Waals surface area contributed by atoms with E-state index in [0.717, 1.165) is 0 Å². The lowest BCUT2D eigenvalue weighted by atomic mass is 10.1.